The van der Waals surface area contributed by atoms with E-state index < -0.39 is 15.2 Å². The van der Waals surface area contributed by atoms with Gasteiger partial charge in [-0.05, 0) is 37.1 Å². The minimum absolute atomic E-state index is 0.312. The van der Waals surface area contributed by atoms with E-state index in [1.54, 1.807) is 31.7 Å². The maximum atomic E-state index is 13.8. The molecule has 1 aliphatic rings. The zero-order chi connectivity index (χ0) is 15.8. The van der Waals surface area contributed by atoms with Crippen LogP contribution in [0.4, 0.5) is 10.1 Å². The lowest BCUT2D eigenvalue weighted by atomic mass is 10.0. The molecule has 0 aliphatic carbocycles. The van der Waals surface area contributed by atoms with Gasteiger partial charge < -0.3 is 10.6 Å². The van der Waals surface area contributed by atoms with E-state index >= 15 is 0 Å². The van der Waals surface area contributed by atoms with Crippen molar-refractivity contribution in [2.75, 3.05) is 29.2 Å². The summed E-state index contributed by atoms with van der Waals surface area (Å²) >= 11 is 1.62. The van der Waals surface area contributed by atoms with E-state index in [0.29, 0.717) is 23.4 Å². The molecule has 2 N–H and O–H groups in total. The van der Waals surface area contributed by atoms with Crippen LogP contribution in [-0.2, 0) is 9.84 Å². The van der Waals surface area contributed by atoms with Crippen molar-refractivity contribution in [3.8, 4) is 0 Å². The van der Waals surface area contributed by atoms with E-state index in [9.17, 15) is 12.8 Å². The molecule has 4 nitrogen and oxygen atoms in total. The van der Waals surface area contributed by atoms with Crippen molar-refractivity contribution < 1.29 is 12.8 Å². The van der Waals surface area contributed by atoms with E-state index in [0.717, 1.165) is 11.4 Å². The van der Waals surface area contributed by atoms with Crippen LogP contribution in [0.2, 0.25) is 0 Å². The van der Waals surface area contributed by atoms with Crippen molar-refractivity contribution in [1.82, 2.24) is 0 Å². The first-order valence-electron chi connectivity index (χ1n) is 6.80. The van der Waals surface area contributed by atoms with Crippen molar-refractivity contribution in [1.29, 1.82) is 0 Å². The fourth-order valence-electron chi connectivity index (χ4n) is 2.51. The summed E-state index contributed by atoms with van der Waals surface area (Å²) in [6.45, 7) is 4.08. The Hall–Kier alpha value is -0.790. The number of rotatable bonds is 3. The quantitative estimate of drug-likeness (QED) is 0.918. The van der Waals surface area contributed by atoms with Crippen molar-refractivity contribution in [3.05, 3.63) is 29.1 Å². The molecule has 1 aromatic rings. The van der Waals surface area contributed by atoms with E-state index in [2.05, 4.69) is 0 Å². The summed E-state index contributed by atoms with van der Waals surface area (Å²) in [5.74, 6) is 1.06. The molecule has 2 rings (SSSR count). The summed E-state index contributed by atoms with van der Waals surface area (Å²) in [6, 6.07) is 2.78. The van der Waals surface area contributed by atoms with Gasteiger partial charge in [-0.15, -0.1) is 0 Å². The Balaban J connectivity index is 2.55. The second kappa shape index (κ2) is 6.14. The number of sulfone groups is 1. The largest absolute Gasteiger partial charge is 0.353 e. The molecule has 1 aromatic carbocycles. The third-order valence-electron chi connectivity index (χ3n) is 3.69. The number of nitrogens with two attached hydrogens (primary N) is 1. The number of nitrogens with zero attached hydrogens (tertiary/aromatic N) is 1. The summed E-state index contributed by atoms with van der Waals surface area (Å²) in [5.41, 5.74) is 7.83. The minimum Gasteiger partial charge on any atom is -0.353 e. The van der Waals surface area contributed by atoms with Gasteiger partial charge in [0.15, 0.2) is 9.84 Å². The maximum Gasteiger partial charge on any atom is 0.169 e. The Morgan fingerprint density at radius 1 is 1.48 bits per heavy atom. The summed E-state index contributed by atoms with van der Waals surface area (Å²) < 4.78 is 37.9. The molecule has 0 aromatic heterocycles. The number of hydrogen-bond donors (Lipinski definition) is 1. The smallest absolute Gasteiger partial charge is 0.169 e. The second-order valence-corrected chi connectivity index (χ2v) is 8.85. The lowest BCUT2D eigenvalue weighted by molar-refractivity contribution is 0.583. The number of aryl methyl sites for hydroxylation is 1. The van der Waals surface area contributed by atoms with Gasteiger partial charge in [-0.3, -0.25) is 0 Å². The first-order chi connectivity index (χ1) is 9.71. The van der Waals surface area contributed by atoms with E-state index in [-0.39, 0.29) is 11.9 Å². The fourth-order valence-corrected chi connectivity index (χ4v) is 5.34. The van der Waals surface area contributed by atoms with Gasteiger partial charge in [0, 0.05) is 36.0 Å². The summed E-state index contributed by atoms with van der Waals surface area (Å²) in [4.78, 5) is 1.86. The van der Waals surface area contributed by atoms with Crippen LogP contribution in [0.15, 0.2) is 12.1 Å². The zero-order valence-electron chi connectivity index (χ0n) is 12.5. The molecule has 1 aliphatic heterocycles. The molecule has 0 bridgehead atoms. The molecule has 1 saturated heterocycles. The normalized spacial score (nSPS) is 21.4. The van der Waals surface area contributed by atoms with Crippen LogP contribution in [0, 0.1) is 12.7 Å². The molecular weight excluding hydrogens is 311 g/mol. The Morgan fingerprint density at radius 2 is 2.14 bits per heavy atom. The number of thioether (sulfide) groups is 1. The van der Waals surface area contributed by atoms with Crippen molar-refractivity contribution in [2.45, 2.75) is 25.3 Å². The van der Waals surface area contributed by atoms with Gasteiger partial charge in [0.05, 0.1) is 0 Å². The predicted octanol–water partition coefficient (Wildman–Crippen LogP) is 2.08. The van der Waals surface area contributed by atoms with Crippen LogP contribution in [0.1, 0.15) is 24.1 Å². The average Bonchev–Trinajstić information content (AvgIpc) is 2.40. The standard InChI is InChI=1S/C14H21FN2O2S2/c1-9-6-13(11(10(2)16)7-12(9)15)17-4-5-20-8-14(17)21(3,18)19/h6-7,10,14H,4-5,8,16H2,1-3H3/t10-,14?/m0/s1. The van der Waals surface area contributed by atoms with Crippen molar-refractivity contribution in [3.63, 3.8) is 0 Å². The SMILES string of the molecule is Cc1cc(N2CCSCC2S(C)(=O)=O)c([C@H](C)N)cc1F. The lowest BCUT2D eigenvalue weighted by Gasteiger charge is -2.37. The highest BCUT2D eigenvalue weighted by atomic mass is 32.2. The molecule has 7 heteroatoms. The maximum absolute atomic E-state index is 13.8. The van der Waals surface area contributed by atoms with Crippen LogP contribution >= 0.6 is 11.8 Å². The molecule has 1 unspecified atom stereocenters. The van der Waals surface area contributed by atoms with Crippen LogP contribution in [0.3, 0.4) is 0 Å². The van der Waals surface area contributed by atoms with Gasteiger partial charge >= 0.3 is 0 Å². The van der Waals surface area contributed by atoms with Gasteiger partial charge in [0.25, 0.3) is 0 Å². The van der Waals surface area contributed by atoms with Crippen LogP contribution in [0.25, 0.3) is 0 Å². The highest BCUT2D eigenvalue weighted by molar-refractivity contribution is 8.01. The summed E-state index contributed by atoms with van der Waals surface area (Å²) in [6.07, 6.45) is 1.25. The van der Waals surface area contributed by atoms with Gasteiger partial charge in [0.2, 0.25) is 0 Å². The number of anilines is 1. The van der Waals surface area contributed by atoms with E-state index in [1.807, 2.05) is 4.90 Å². The fraction of sp³-hybridized carbons (Fsp3) is 0.571. The molecule has 0 amide bonds. The highest BCUT2D eigenvalue weighted by Gasteiger charge is 2.32. The molecule has 118 valence electrons. The summed E-state index contributed by atoms with van der Waals surface area (Å²) in [5, 5.41) is -0.585. The van der Waals surface area contributed by atoms with Crippen LogP contribution in [0.5, 0.6) is 0 Å². The van der Waals surface area contributed by atoms with Crippen molar-refractivity contribution in [2.24, 2.45) is 5.73 Å². The van der Waals surface area contributed by atoms with Crippen LogP contribution in [-0.4, -0.2) is 38.1 Å². The van der Waals surface area contributed by atoms with Crippen molar-refractivity contribution >= 4 is 27.3 Å². The Kier molecular flexibility index (Phi) is 4.85. The lowest BCUT2D eigenvalue weighted by Crippen LogP contribution is -2.47. The molecular formula is C14H21FN2O2S2. The molecule has 2 atom stereocenters. The second-order valence-electron chi connectivity index (χ2n) is 5.50. The molecule has 1 heterocycles. The molecule has 0 spiro atoms. The first-order valence-corrected chi connectivity index (χ1v) is 9.91. The van der Waals surface area contributed by atoms with Crippen LogP contribution < -0.4 is 10.6 Å². The topological polar surface area (TPSA) is 63.4 Å². The number of hydrogen-bond acceptors (Lipinski definition) is 5. The first kappa shape index (κ1) is 16.6. The Bertz CT molecular complexity index is 632. The monoisotopic (exact) mass is 332 g/mol. The third kappa shape index (κ3) is 3.52. The Morgan fingerprint density at radius 3 is 2.71 bits per heavy atom. The zero-order valence-corrected chi connectivity index (χ0v) is 14.1. The predicted molar refractivity (Wildman–Crippen MR) is 87.0 cm³/mol. The molecule has 21 heavy (non-hydrogen) atoms. The number of benzene rings is 1. The number of halogens is 1. The van der Waals surface area contributed by atoms with Gasteiger partial charge in [-0.1, -0.05) is 0 Å². The highest BCUT2D eigenvalue weighted by Crippen LogP contribution is 2.33. The summed E-state index contributed by atoms with van der Waals surface area (Å²) in [7, 11) is -3.22. The van der Waals surface area contributed by atoms with Gasteiger partial charge in [-0.25, -0.2) is 12.8 Å². The third-order valence-corrected chi connectivity index (χ3v) is 6.33. The van der Waals surface area contributed by atoms with E-state index in [1.165, 1.54) is 12.3 Å². The van der Waals surface area contributed by atoms with Gasteiger partial charge in [0.1, 0.15) is 11.2 Å². The minimum atomic E-state index is -3.22. The Labute approximate surface area is 129 Å². The average molecular weight is 332 g/mol. The van der Waals surface area contributed by atoms with E-state index in [4.69, 9.17) is 5.73 Å². The van der Waals surface area contributed by atoms with Gasteiger partial charge in [-0.2, -0.15) is 11.8 Å². The molecule has 0 radical (unpaired) electrons. The molecule has 1 fully saturated rings. The molecule has 0 saturated carbocycles.